The molecule has 2 aliphatic rings. The summed E-state index contributed by atoms with van der Waals surface area (Å²) in [4.78, 5) is 12.5. The summed E-state index contributed by atoms with van der Waals surface area (Å²) in [5.41, 5.74) is 1.17. The molecule has 4 atom stereocenters. The van der Waals surface area contributed by atoms with E-state index in [0.29, 0.717) is 6.61 Å². The van der Waals surface area contributed by atoms with Crippen LogP contribution in [0, 0.1) is 0 Å². The summed E-state index contributed by atoms with van der Waals surface area (Å²) >= 11 is 0. The zero-order chi connectivity index (χ0) is 16.8. The lowest BCUT2D eigenvalue weighted by Crippen LogP contribution is -2.24. The Morgan fingerprint density at radius 2 is 2.04 bits per heavy atom. The zero-order valence-electron chi connectivity index (χ0n) is 14.3. The van der Waals surface area contributed by atoms with Crippen molar-refractivity contribution in [1.29, 1.82) is 0 Å². The fourth-order valence-corrected chi connectivity index (χ4v) is 4.59. The van der Waals surface area contributed by atoms with Crippen LogP contribution < -0.4 is 4.74 Å². The second kappa shape index (κ2) is 8.94. The highest BCUT2D eigenvalue weighted by Crippen LogP contribution is 2.38. The fourth-order valence-electron chi connectivity index (χ4n) is 3.26. The average molecular weight is 350 g/mol. The molecule has 4 nitrogen and oxygen atoms in total. The van der Waals surface area contributed by atoms with Crippen molar-refractivity contribution >= 4 is 14.1 Å². The first-order valence-corrected chi connectivity index (χ1v) is 10.1. The van der Waals surface area contributed by atoms with Gasteiger partial charge in [0.15, 0.2) is 5.52 Å². The van der Waals surface area contributed by atoms with Gasteiger partial charge >= 0.3 is 0 Å². The molecule has 0 bridgehead atoms. The summed E-state index contributed by atoms with van der Waals surface area (Å²) in [6.45, 7) is 4.36. The molecule has 24 heavy (non-hydrogen) atoms. The summed E-state index contributed by atoms with van der Waals surface area (Å²) in [5.74, 6) is 0.842. The molecule has 3 rings (SSSR count). The highest BCUT2D eigenvalue weighted by atomic mass is 31.1. The molecule has 1 unspecified atom stereocenters. The molecule has 2 heterocycles. The Balaban J connectivity index is 1.45. The van der Waals surface area contributed by atoms with E-state index in [2.05, 4.69) is 6.92 Å². The zero-order valence-corrected chi connectivity index (χ0v) is 15.3. The normalized spacial score (nSPS) is 26.1. The van der Waals surface area contributed by atoms with E-state index in [9.17, 15) is 4.79 Å². The Kier molecular flexibility index (Phi) is 6.65. The minimum atomic E-state index is 0.123. The molecule has 2 fully saturated rings. The van der Waals surface area contributed by atoms with E-state index >= 15 is 0 Å². The van der Waals surface area contributed by atoms with Crippen molar-refractivity contribution in [2.45, 2.75) is 56.9 Å². The van der Waals surface area contributed by atoms with E-state index in [-0.39, 0.29) is 32.0 Å². The van der Waals surface area contributed by atoms with Gasteiger partial charge in [-0.3, -0.25) is 4.79 Å². The molecular formula is C19H27O4P. The van der Waals surface area contributed by atoms with Gasteiger partial charge in [-0.1, -0.05) is 26.2 Å². The highest BCUT2D eigenvalue weighted by molar-refractivity contribution is 7.59. The third-order valence-corrected chi connectivity index (χ3v) is 6.08. The Hall–Kier alpha value is -0.960. The van der Waals surface area contributed by atoms with Crippen LogP contribution in [0.3, 0.4) is 0 Å². The van der Waals surface area contributed by atoms with Crippen LogP contribution in [-0.2, 0) is 9.47 Å². The third-order valence-electron chi connectivity index (χ3n) is 4.67. The van der Waals surface area contributed by atoms with Crippen LogP contribution in [0.5, 0.6) is 5.75 Å². The van der Waals surface area contributed by atoms with Gasteiger partial charge in [0, 0.05) is 17.8 Å². The van der Waals surface area contributed by atoms with E-state index in [1.54, 1.807) is 0 Å². The number of hydrogen-bond donors (Lipinski definition) is 0. The number of carbonyl (C=O) groups excluding carboxylic acids is 1. The molecule has 5 heteroatoms. The van der Waals surface area contributed by atoms with Crippen LogP contribution in [0.25, 0.3) is 0 Å². The maximum absolute atomic E-state index is 12.5. The Morgan fingerprint density at radius 3 is 2.83 bits per heavy atom. The van der Waals surface area contributed by atoms with Crippen molar-refractivity contribution in [3.63, 3.8) is 0 Å². The number of carbonyl (C=O) groups is 1. The lowest BCUT2D eigenvalue weighted by molar-refractivity contribution is 0.0737. The predicted molar refractivity (Wildman–Crippen MR) is 96.6 cm³/mol. The smallest absolute Gasteiger partial charge is 0.181 e. The summed E-state index contributed by atoms with van der Waals surface area (Å²) in [5, 5.41) is 0. The van der Waals surface area contributed by atoms with E-state index < -0.39 is 0 Å². The van der Waals surface area contributed by atoms with Crippen LogP contribution in [0.2, 0.25) is 0 Å². The van der Waals surface area contributed by atoms with Gasteiger partial charge in [0.2, 0.25) is 0 Å². The molecule has 1 aromatic rings. The Labute approximate surface area is 146 Å². The molecule has 0 aliphatic carbocycles. The van der Waals surface area contributed by atoms with Gasteiger partial charge < -0.3 is 14.2 Å². The molecule has 0 spiro atoms. The molecule has 0 saturated carbocycles. The molecule has 0 amide bonds. The van der Waals surface area contributed by atoms with Gasteiger partial charge in [-0.05, 0) is 45.7 Å². The molecule has 0 radical (unpaired) electrons. The molecular weight excluding hydrogens is 323 g/mol. The maximum atomic E-state index is 12.5. The van der Waals surface area contributed by atoms with Crippen molar-refractivity contribution < 1.29 is 19.0 Å². The van der Waals surface area contributed by atoms with Gasteiger partial charge in [0.05, 0.1) is 25.4 Å². The number of benzene rings is 1. The topological polar surface area (TPSA) is 44.8 Å². The molecule has 2 saturated heterocycles. The maximum Gasteiger partial charge on any atom is 0.181 e. The van der Waals surface area contributed by atoms with Crippen LogP contribution in [0.4, 0.5) is 0 Å². The average Bonchev–Trinajstić information content (AvgIpc) is 3.20. The minimum absolute atomic E-state index is 0.123. The largest absolute Gasteiger partial charge is 0.494 e. The Morgan fingerprint density at radius 1 is 1.21 bits per heavy atom. The lowest BCUT2D eigenvalue weighted by atomic mass is 10.2. The third kappa shape index (κ3) is 4.56. The van der Waals surface area contributed by atoms with Crippen molar-refractivity contribution in [2.75, 3.05) is 19.8 Å². The first-order valence-electron chi connectivity index (χ1n) is 9.05. The lowest BCUT2D eigenvalue weighted by Gasteiger charge is -2.15. The first kappa shape index (κ1) is 17.8. The second-order valence-electron chi connectivity index (χ2n) is 6.51. The molecule has 2 aliphatic heterocycles. The molecule has 132 valence electrons. The quantitative estimate of drug-likeness (QED) is 0.498. The van der Waals surface area contributed by atoms with Crippen molar-refractivity contribution in [1.82, 2.24) is 0 Å². The number of unbranched alkanes of at least 4 members (excludes halogenated alkanes) is 3. The van der Waals surface area contributed by atoms with Crippen molar-refractivity contribution in [2.24, 2.45) is 0 Å². The van der Waals surface area contributed by atoms with E-state index in [1.807, 2.05) is 24.3 Å². The highest BCUT2D eigenvalue weighted by Gasteiger charge is 2.42. The summed E-state index contributed by atoms with van der Waals surface area (Å²) < 4.78 is 17.2. The summed E-state index contributed by atoms with van der Waals surface area (Å²) in [7, 11) is 0.218. The van der Waals surface area contributed by atoms with E-state index in [1.165, 1.54) is 19.3 Å². The number of rotatable bonds is 9. The number of fused-ring (bicyclic) bond motifs is 1. The van der Waals surface area contributed by atoms with Crippen molar-refractivity contribution in [3.8, 4) is 5.75 Å². The standard InChI is InChI=1S/C19H27O4P/c1-2-3-4-5-11-21-15-8-6-14(7-9-15)19(20)24-17-13-23-16-10-12-22-18(16)17/h6-9,16-18,24H,2-5,10-13H2,1H3/t16-,17-,18+/m1/s1. The molecule has 0 N–H and O–H groups in total. The minimum Gasteiger partial charge on any atom is -0.494 e. The van der Waals surface area contributed by atoms with Crippen LogP contribution >= 0.6 is 8.58 Å². The first-order chi connectivity index (χ1) is 11.8. The van der Waals surface area contributed by atoms with E-state index in [4.69, 9.17) is 14.2 Å². The van der Waals surface area contributed by atoms with Crippen LogP contribution in [-0.4, -0.2) is 43.2 Å². The summed E-state index contributed by atoms with van der Waals surface area (Å²) in [6, 6.07) is 7.55. The van der Waals surface area contributed by atoms with Gasteiger partial charge in [0.25, 0.3) is 0 Å². The van der Waals surface area contributed by atoms with Gasteiger partial charge in [-0.15, -0.1) is 0 Å². The number of hydrogen-bond acceptors (Lipinski definition) is 4. The van der Waals surface area contributed by atoms with Crippen LogP contribution in [0.15, 0.2) is 24.3 Å². The predicted octanol–water partition coefficient (Wildman–Crippen LogP) is 4.02. The van der Waals surface area contributed by atoms with Gasteiger partial charge in [0.1, 0.15) is 5.75 Å². The molecule has 1 aromatic carbocycles. The molecule has 0 aromatic heterocycles. The second-order valence-corrected chi connectivity index (χ2v) is 7.99. The van der Waals surface area contributed by atoms with Crippen LogP contribution in [0.1, 0.15) is 49.4 Å². The monoisotopic (exact) mass is 350 g/mol. The Bertz CT molecular complexity index is 531. The van der Waals surface area contributed by atoms with Gasteiger partial charge in [-0.25, -0.2) is 0 Å². The van der Waals surface area contributed by atoms with Gasteiger partial charge in [-0.2, -0.15) is 0 Å². The SMILES string of the molecule is CCCCCCOc1ccc(C(=O)P[C@@H]2CO[C@@H]3CCO[C@@H]32)cc1. The van der Waals surface area contributed by atoms with E-state index in [0.717, 1.165) is 37.4 Å². The van der Waals surface area contributed by atoms with Crippen molar-refractivity contribution in [3.05, 3.63) is 29.8 Å². The number of ether oxygens (including phenoxy) is 3. The summed E-state index contributed by atoms with van der Waals surface area (Å²) in [6.07, 6.45) is 6.08. The fraction of sp³-hybridized carbons (Fsp3) is 0.632.